The maximum Gasteiger partial charge on any atom is 0.433 e. The zero-order chi connectivity index (χ0) is 14.1. The van der Waals surface area contributed by atoms with Crippen LogP contribution in [0.15, 0.2) is 12.1 Å². The van der Waals surface area contributed by atoms with E-state index in [1.807, 2.05) is 6.07 Å². The minimum Gasteiger partial charge on any atom is -0.368 e. The van der Waals surface area contributed by atoms with Gasteiger partial charge in [0.05, 0.1) is 5.56 Å². The number of nitrogens with zero attached hydrogens (tertiary/aromatic N) is 2. The summed E-state index contributed by atoms with van der Waals surface area (Å²) in [7, 11) is 0. The number of nitrogens with one attached hydrogen (secondary N) is 1. The van der Waals surface area contributed by atoms with E-state index < -0.39 is 11.9 Å². The molecule has 0 atom stereocenters. The highest BCUT2D eigenvalue weighted by Gasteiger charge is 2.34. The molecule has 1 aliphatic rings. The van der Waals surface area contributed by atoms with E-state index in [0.29, 0.717) is 6.54 Å². The summed E-state index contributed by atoms with van der Waals surface area (Å²) in [5.41, 5.74) is -0.744. The molecule has 0 radical (unpaired) electrons. The molecule has 102 valence electrons. The van der Waals surface area contributed by atoms with Crippen LogP contribution in [0, 0.1) is 16.7 Å². The Morgan fingerprint density at radius 3 is 2.58 bits per heavy atom. The van der Waals surface area contributed by atoms with Crippen molar-refractivity contribution in [3.63, 3.8) is 0 Å². The van der Waals surface area contributed by atoms with Crippen LogP contribution in [0.5, 0.6) is 0 Å². The molecule has 1 aliphatic carbocycles. The van der Waals surface area contributed by atoms with E-state index in [4.69, 9.17) is 5.26 Å². The van der Waals surface area contributed by atoms with Gasteiger partial charge in [0, 0.05) is 6.54 Å². The average molecular weight is 269 g/mol. The van der Waals surface area contributed by atoms with Crippen LogP contribution in [0.3, 0.4) is 0 Å². The first-order valence-corrected chi connectivity index (χ1v) is 6.06. The van der Waals surface area contributed by atoms with Gasteiger partial charge in [-0.25, -0.2) is 4.98 Å². The topological polar surface area (TPSA) is 48.7 Å². The number of halogens is 3. The fourth-order valence-electron chi connectivity index (χ4n) is 2.10. The average Bonchev–Trinajstić information content (AvgIpc) is 2.32. The van der Waals surface area contributed by atoms with E-state index in [-0.39, 0.29) is 16.8 Å². The van der Waals surface area contributed by atoms with Crippen molar-refractivity contribution < 1.29 is 13.2 Å². The molecule has 0 bridgehead atoms. The SMILES string of the molecule is CC1(CNc2nc(C(F)(F)F)ccc2C#N)CCC1. The Labute approximate surface area is 109 Å². The summed E-state index contributed by atoms with van der Waals surface area (Å²) in [5.74, 6) is 0.0189. The van der Waals surface area contributed by atoms with Crippen LogP contribution < -0.4 is 5.32 Å². The highest BCUT2D eigenvalue weighted by molar-refractivity contribution is 5.52. The van der Waals surface area contributed by atoms with Gasteiger partial charge in [-0.3, -0.25) is 0 Å². The summed E-state index contributed by atoms with van der Waals surface area (Å²) in [5, 5.41) is 11.8. The van der Waals surface area contributed by atoms with Crippen molar-refractivity contribution >= 4 is 5.82 Å². The van der Waals surface area contributed by atoms with Crippen LogP contribution in [0.25, 0.3) is 0 Å². The minimum absolute atomic E-state index is 0.0189. The Morgan fingerprint density at radius 2 is 2.11 bits per heavy atom. The molecule has 1 aromatic rings. The van der Waals surface area contributed by atoms with Crippen LogP contribution in [0.4, 0.5) is 19.0 Å². The van der Waals surface area contributed by atoms with Gasteiger partial charge in [0.25, 0.3) is 0 Å². The maximum atomic E-state index is 12.6. The predicted octanol–water partition coefficient (Wildman–Crippen LogP) is 3.57. The monoisotopic (exact) mass is 269 g/mol. The fourth-order valence-corrected chi connectivity index (χ4v) is 2.10. The Balaban J connectivity index is 2.19. The molecule has 0 aliphatic heterocycles. The first-order chi connectivity index (χ1) is 8.84. The van der Waals surface area contributed by atoms with Gasteiger partial charge in [-0.1, -0.05) is 13.3 Å². The van der Waals surface area contributed by atoms with E-state index in [1.165, 1.54) is 0 Å². The summed E-state index contributed by atoms with van der Waals surface area (Å²) in [6, 6.07) is 3.84. The van der Waals surface area contributed by atoms with Crippen molar-refractivity contribution in [3.05, 3.63) is 23.4 Å². The third kappa shape index (κ3) is 2.98. The van der Waals surface area contributed by atoms with Gasteiger partial charge < -0.3 is 5.32 Å². The van der Waals surface area contributed by atoms with Gasteiger partial charge in [0.1, 0.15) is 17.6 Å². The van der Waals surface area contributed by atoms with Crippen LogP contribution in [-0.4, -0.2) is 11.5 Å². The van der Waals surface area contributed by atoms with Crippen LogP contribution in [0.2, 0.25) is 0 Å². The Hall–Kier alpha value is -1.77. The summed E-state index contributed by atoms with van der Waals surface area (Å²) in [4.78, 5) is 3.52. The molecule has 6 heteroatoms. The molecule has 1 fully saturated rings. The lowest BCUT2D eigenvalue weighted by Crippen LogP contribution is -2.33. The smallest absolute Gasteiger partial charge is 0.368 e. The summed E-state index contributed by atoms with van der Waals surface area (Å²) < 4.78 is 37.7. The number of hydrogen-bond acceptors (Lipinski definition) is 3. The second kappa shape index (κ2) is 4.72. The van der Waals surface area contributed by atoms with Crippen molar-refractivity contribution in [2.24, 2.45) is 5.41 Å². The molecule has 3 nitrogen and oxygen atoms in total. The Bertz CT molecular complexity index is 513. The van der Waals surface area contributed by atoms with E-state index in [2.05, 4.69) is 17.2 Å². The number of rotatable bonds is 3. The number of pyridine rings is 1. The zero-order valence-corrected chi connectivity index (χ0v) is 10.5. The number of aromatic nitrogens is 1. The molecule has 1 N–H and O–H groups in total. The van der Waals surface area contributed by atoms with Crippen LogP contribution in [0.1, 0.15) is 37.4 Å². The molecule has 0 unspecified atom stereocenters. The molecular weight excluding hydrogens is 255 g/mol. The molecular formula is C13H14F3N3. The third-order valence-electron chi connectivity index (χ3n) is 3.55. The van der Waals surface area contributed by atoms with Crippen molar-refractivity contribution in [1.82, 2.24) is 4.98 Å². The number of nitriles is 1. The van der Waals surface area contributed by atoms with E-state index >= 15 is 0 Å². The summed E-state index contributed by atoms with van der Waals surface area (Å²) in [6.07, 6.45) is -1.27. The summed E-state index contributed by atoms with van der Waals surface area (Å²) in [6.45, 7) is 2.61. The van der Waals surface area contributed by atoms with Gasteiger partial charge in [0.2, 0.25) is 0 Å². The molecule has 0 amide bonds. The van der Waals surface area contributed by atoms with E-state index in [1.54, 1.807) is 0 Å². The molecule has 2 rings (SSSR count). The van der Waals surface area contributed by atoms with Crippen LogP contribution in [-0.2, 0) is 6.18 Å². The Kier molecular flexibility index (Phi) is 3.40. The number of anilines is 1. The van der Waals surface area contributed by atoms with Crippen molar-refractivity contribution in [2.45, 2.75) is 32.4 Å². The molecule has 0 saturated heterocycles. The Morgan fingerprint density at radius 1 is 1.42 bits per heavy atom. The van der Waals surface area contributed by atoms with Gasteiger partial charge in [0.15, 0.2) is 0 Å². The molecule has 1 saturated carbocycles. The molecule has 1 aromatic heterocycles. The predicted molar refractivity (Wildman–Crippen MR) is 64.4 cm³/mol. The zero-order valence-electron chi connectivity index (χ0n) is 10.5. The summed E-state index contributed by atoms with van der Waals surface area (Å²) >= 11 is 0. The fraction of sp³-hybridized carbons (Fsp3) is 0.538. The normalized spacial score (nSPS) is 17.4. The van der Waals surface area contributed by atoms with Gasteiger partial charge in [-0.05, 0) is 30.4 Å². The first kappa shape index (κ1) is 13.7. The molecule has 0 spiro atoms. The minimum atomic E-state index is -4.50. The van der Waals surface area contributed by atoms with Gasteiger partial charge in [-0.15, -0.1) is 0 Å². The van der Waals surface area contributed by atoms with E-state index in [0.717, 1.165) is 31.4 Å². The third-order valence-corrected chi connectivity index (χ3v) is 3.55. The van der Waals surface area contributed by atoms with Crippen molar-refractivity contribution in [2.75, 3.05) is 11.9 Å². The highest BCUT2D eigenvalue weighted by atomic mass is 19.4. The number of hydrogen-bond donors (Lipinski definition) is 1. The number of alkyl halides is 3. The second-order valence-electron chi connectivity index (χ2n) is 5.22. The largest absolute Gasteiger partial charge is 0.433 e. The standard InChI is InChI=1S/C13H14F3N3/c1-12(5-2-6-12)8-18-11-9(7-17)3-4-10(19-11)13(14,15)16/h3-4H,2,5-6,8H2,1H3,(H,18,19). The lowest BCUT2D eigenvalue weighted by molar-refractivity contribution is -0.141. The van der Waals surface area contributed by atoms with Crippen molar-refractivity contribution in [3.8, 4) is 6.07 Å². The quantitative estimate of drug-likeness (QED) is 0.912. The lowest BCUT2D eigenvalue weighted by Gasteiger charge is -2.38. The molecule has 1 heterocycles. The van der Waals surface area contributed by atoms with E-state index in [9.17, 15) is 13.2 Å². The lowest BCUT2D eigenvalue weighted by atomic mass is 9.70. The highest BCUT2D eigenvalue weighted by Crippen LogP contribution is 2.40. The van der Waals surface area contributed by atoms with Crippen LogP contribution >= 0.6 is 0 Å². The maximum absolute atomic E-state index is 12.6. The molecule has 0 aromatic carbocycles. The second-order valence-corrected chi connectivity index (χ2v) is 5.22. The first-order valence-electron chi connectivity index (χ1n) is 6.06. The van der Waals surface area contributed by atoms with Crippen molar-refractivity contribution in [1.29, 1.82) is 5.26 Å². The molecule has 19 heavy (non-hydrogen) atoms. The van der Waals surface area contributed by atoms with Gasteiger partial charge in [-0.2, -0.15) is 18.4 Å². The van der Waals surface area contributed by atoms with Gasteiger partial charge >= 0.3 is 6.18 Å².